The van der Waals surface area contributed by atoms with E-state index >= 15 is 0 Å². The summed E-state index contributed by atoms with van der Waals surface area (Å²) in [7, 11) is 0. The number of hydrogen-bond donors (Lipinski definition) is 3. The van der Waals surface area contributed by atoms with Crippen LogP contribution in [0.4, 0.5) is 11.4 Å². The molecule has 7 aromatic rings. The highest BCUT2D eigenvalue weighted by molar-refractivity contribution is 5.91. The Morgan fingerprint density at radius 1 is 0.647 bits per heavy atom. The molecular formula is C37H36N10O4. The Kier molecular flexibility index (Phi) is 10.8. The van der Waals surface area contributed by atoms with Crippen molar-refractivity contribution in [3.05, 3.63) is 153 Å². The van der Waals surface area contributed by atoms with Gasteiger partial charge >= 0.3 is 0 Å². The van der Waals surface area contributed by atoms with E-state index in [1.165, 1.54) is 29.5 Å². The van der Waals surface area contributed by atoms with Crippen LogP contribution in [0.3, 0.4) is 0 Å². The predicted molar refractivity (Wildman–Crippen MR) is 194 cm³/mol. The quantitative estimate of drug-likeness (QED) is 0.166. The standard InChI is InChI=1S/C22H21N5O2.C15H15N5O2/c1-16-21-19(24-12-10-18-9-5-6-11-23-18)13-20(28)27(22(21)26-15-25-16)29-14-17-7-3-2-4-8-17;1-10-14-12(17-7-5-11-4-2-3-6-16-11)8-13(21)20(22)15(14)19-9-18-10/h2-9,11,13,15,24H,10,12,14H2,1H3;2-4,6,8-9,17,22H,5,7H2,1H3. The van der Waals surface area contributed by atoms with Gasteiger partial charge in [0.1, 0.15) is 19.3 Å². The average molecular weight is 685 g/mol. The lowest BCUT2D eigenvalue weighted by molar-refractivity contribution is 0.0979. The van der Waals surface area contributed by atoms with Crippen LogP contribution in [-0.4, -0.2) is 57.7 Å². The van der Waals surface area contributed by atoms with Crippen LogP contribution in [0.2, 0.25) is 0 Å². The molecule has 7 rings (SSSR count). The molecule has 0 saturated carbocycles. The highest BCUT2D eigenvalue weighted by Gasteiger charge is 2.15. The van der Waals surface area contributed by atoms with Crippen LogP contribution < -0.4 is 26.6 Å². The van der Waals surface area contributed by atoms with Crippen molar-refractivity contribution in [1.29, 1.82) is 0 Å². The number of rotatable bonds is 11. The van der Waals surface area contributed by atoms with Gasteiger partial charge in [-0.25, -0.2) is 19.9 Å². The average Bonchev–Trinajstić information content (AvgIpc) is 3.15. The first-order valence-corrected chi connectivity index (χ1v) is 16.3. The second-order valence-corrected chi connectivity index (χ2v) is 11.5. The zero-order valence-corrected chi connectivity index (χ0v) is 28.1. The van der Waals surface area contributed by atoms with Crippen molar-refractivity contribution in [3.8, 4) is 0 Å². The number of hydrogen-bond acceptors (Lipinski definition) is 12. The molecule has 14 heteroatoms. The Labute approximate surface area is 292 Å². The molecule has 0 aliphatic rings. The molecule has 1 aromatic carbocycles. The molecule has 0 bridgehead atoms. The summed E-state index contributed by atoms with van der Waals surface area (Å²) in [5.41, 5.74) is 5.49. The number of anilines is 2. The molecule has 0 aliphatic heterocycles. The van der Waals surface area contributed by atoms with E-state index in [9.17, 15) is 14.8 Å². The highest BCUT2D eigenvalue weighted by atomic mass is 16.7. The van der Waals surface area contributed by atoms with Gasteiger partial charge in [0.25, 0.3) is 11.1 Å². The molecule has 0 aliphatic carbocycles. The molecule has 51 heavy (non-hydrogen) atoms. The third-order valence-corrected chi connectivity index (χ3v) is 7.96. The largest absolute Gasteiger partial charge is 0.423 e. The van der Waals surface area contributed by atoms with Crippen LogP contribution in [0.25, 0.3) is 22.1 Å². The maximum Gasteiger partial charge on any atom is 0.287 e. The smallest absolute Gasteiger partial charge is 0.287 e. The summed E-state index contributed by atoms with van der Waals surface area (Å²) in [6.07, 6.45) is 7.74. The molecule has 0 unspecified atom stereocenters. The van der Waals surface area contributed by atoms with E-state index in [-0.39, 0.29) is 17.8 Å². The summed E-state index contributed by atoms with van der Waals surface area (Å²) < 4.78 is 1.77. The molecule has 3 N–H and O–H groups in total. The van der Waals surface area contributed by atoms with E-state index in [4.69, 9.17) is 4.84 Å². The molecular weight excluding hydrogens is 648 g/mol. The lowest BCUT2D eigenvalue weighted by Gasteiger charge is -2.15. The van der Waals surface area contributed by atoms with E-state index in [2.05, 4.69) is 40.5 Å². The molecule has 258 valence electrons. The van der Waals surface area contributed by atoms with Crippen LogP contribution in [0.15, 0.2) is 114 Å². The van der Waals surface area contributed by atoms with Gasteiger partial charge in [0.15, 0.2) is 11.3 Å². The maximum absolute atomic E-state index is 12.7. The van der Waals surface area contributed by atoms with Gasteiger partial charge in [-0.05, 0) is 43.7 Å². The van der Waals surface area contributed by atoms with Gasteiger partial charge in [0.05, 0.1) is 33.5 Å². The minimum absolute atomic E-state index is 0.195. The van der Waals surface area contributed by atoms with Gasteiger partial charge in [-0.2, -0.15) is 0 Å². The Hall–Kier alpha value is -6.70. The molecule has 0 radical (unpaired) electrons. The second-order valence-electron chi connectivity index (χ2n) is 11.5. The number of fused-ring (bicyclic) bond motifs is 2. The zero-order valence-electron chi connectivity index (χ0n) is 28.1. The summed E-state index contributed by atoms with van der Waals surface area (Å²) in [6, 6.07) is 24.1. The van der Waals surface area contributed by atoms with Gasteiger partial charge in [0, 0.05) is 61.8 Å². The van der Waals surface area contributed by atoms with E-state index in [0.29, 0.717) is 45.9 Å². The van der Waals surface area contributed by atoms with Gasteiger partial charge < -0.3 is 20.7 Å². The Morgan fingerprint density at radius 3 is 1.75 bits per heavy atom. The van der Waals surface area contributed by atoms with Crippen LogP contribution in [0.5, 0.6) is 0 Å². The van der Waals surface area contributed by atoms with Crippen LogP contribution in [0.1, 0.15) is 28.3 Å². The minimum Gasteiger partial charge on any atom is -0.423 e. The van der Waals surface area contributed by atoms with E-state index in [0.717, 1.165) is 40.9 Å². The summed E-state index contributed by atoms with van der Waals surface area (Å²) in [6.45, 7) is 5.20. The fraction of sp³-hybridized carbons (Fsp3) is 0.189. The fourth-order valence-electron chi connectivity index (χ4n) is 5.45. The summed E-state index contributed by atoms with van der Waals surface area (Å²) in [5.74, 6) is 0. The molecule has 6 aromatic heterocycles. The first-order valence-electron chi connectivity index (χ1n) is 16.3. The third kappa shape index (κ3) is 8.31. The molecule has 0 spiro atoms. The van der Waals surface area contributed by atoms with E-state index in [1.807, 2.05) is 73.7 Å². The van der Waals surface area contributed by atoms with Crippen molar-refractivity contribution in [2.45, 2.75) is 33.3 Å². The van der Waals surface area contributed by atoms with Crippen molar-refractivity contribution in [2.75, 3.05) is 23.7 Å². The summed E-state index contributed by atoms with van der Waals surface area (Å²) >= 11 is 0. The molecule has 0 atom stereocenters. The maximum atomic E-state index is 12.7. The monoisotopic (exact) mass is 684 g/mol. The molecule has 0 fully saturated rings. The predicted octanol–water partition coefficient (Wildman–Crippen LogP) is 4.17. The van der Waals surface area contributed by atoms with E-state index < -0.39 is 5.56 Å². The molecule has 14 nitrogen and oxygen atoms in total. The highest BCUT2D eigenvalue weighted by Crippen LogP contribution is 2.23. The molecule has 0 saturated heterocycles. The lowest BCUT2D eigenvalue weighted by Crippen LogP contribution is -2.28. The topological polar surface area (TPSA) is 175 Å². The first kappa shape index (κ1) is 34.2. The SMILES string of the molecule is Cc1ncnc2c1c(NCCc1ccccn1)cc(=O)n2O.Cc1ncnc2c1c(NCCc1ccccn1)cc(=O)n2OCc1ccccc1. The van der Waals surface area contributed by atoms with Crippen molar-refractivity contribution in [1.82, 2.24) is 39.4 Å². The number of nitrogens with zero attached hydrogens (tertiary/aromatic N) is 8. The van der Waals surface area contributed by atoms with Crippen LogP contribution in [-0.2, 0) is 19.4 Å². The lowest BCUT2D eigenvalue weighted by atomic mass is 10.2. The van der Waals surface area contributed by atoms with Crippen molar-refractivity contribution < 1.29 is 10.0 Å². The van der Waals surface area contributed by atoms with Gasteiger partial charge in [-0.3, -0.25) is 19.6 Å². The van der Waals surface area contributed by atoms with Gasteiger partial charge in [-0.15, -0.1) is 9.46 Å². The number of aromatic nitrogens is 8. The minimum atomic E-state index is -0.536. The number of benzene rings is 1. The molecule has 0 amide bonds. The normalized spacial score (nSPS) is 10.8. The van der Waals surface area contributed by atoms with Crippen molar-refractivity contribution in [2.24, 2.45) is 0 Å². The first-order chi connectivity index (χ1) is 24.9. The fourth-order valence-corrected chi connectivity index (χ4v) is 5.45. The number of aryl methyl sites for hydroxylation is 2. The zero-order chi connectivity index (χ0) is 35.6. The van der Waals surface area contributed by atoms with E-state index in [1.54, 1.807) is 19.3 Å². The van der Waals surface area contributed by atoms with Crippen LogP contribution >= 0.6 is 0 Å². The number of nitrogens with one attached hydrogen (secondary N) is 2. The Bertz CT molecular complexity index is 2350. The van der Waals surface area contributed by atoms with Gasteiger partial charge in [-0.1, -0.05) is 42.5 Å². The third-order valence-electron chi connectivity index (χ3n) is 7.96. The summed E-state index contributed by atoms with van der Waals surface area (Å²) in [5, 5.41) is 17.7. The van der Waals surface area contributed by atoms with Crippen molar-refractivity contribution in [3.63, 3.8) is 0 Å². The van der Waals surface area contributed by atoms with Crippen molar-refractivity contribution >= 4 is 33.4 Å². The molecule has 6 heterocycles. The van der Waals surface area contributed by atoms with Crippen LogP contribution in [0, 0.1) is 13.8 Å². The second kappa shape index (κ2) is 16.1. The number of pyridine rings is 4. The Balaban J connectivity index is 0.000000183. The summed E-state index contributed by atoms with van der Waals surface area (Å²) in [4.78, 5) is 55.6. The Morgan fingerprint density at radius 2 is 1.18 bits per heavy atom. The van der Waals surface area contributed by atoms with Gasteiger partial charge in [0.2, 0.25) is 0 Å².